The minimum absolute atomic E-state index is 0.450. The Balaban J connectivity index is 2.19. The highest BCUT2D eigenvalue weighted by molar-refractivity contribution is 9.10. The summed E-state index contributed by atoms with van der Waals surface area (Å²) in [5, 5.41) is 7.13. The molecule has 8 heteroatoms. The lowest BCUT2D eigenvalue weighted by molar-refractivity contribution is 0.400. The molecule has 0 aliphatic carbocycles. The van der Waals surface area contributed by atoms with Crippen LogP contribution in [0, 0.1) is 0 Å². The second-order valence-electron chi connectivity index (χ2n) is 4.63. The van der Waals surface area contributed by atoms with E-state index in [2.05, 4.69) is 42.3 Å². The average Bonchev–Trinajstić information content (AvgIpc) is 2.41. The number of hydrogen-bond donors (Lipinski definition) is 4. The summed E-state index contributed by atoms with van der Waals surface area (Å²) in [7, 11) is 4.09. The molecule has 0 bridgehead atoms. The minimum atomic E-state index is 0.450. The Morgan fingerprint density at radius 3 is 2.57 bits per heavy atom. The lowest BCUT2D eigenvalue weighted by Crippen LogP contribution is -2.48. The molecule has 21 heavy (non-hydrogen) atoms. The number of anilines is 1. The van der Waals surface area contributed by atoms with Crippen LogP contribution in [0.4, 0.5) is 5.69 Å². The van der Waals surface area contributed by atoms with Gasteiger partial charge in [0.25, 0.3) is 0 Å². The zero-order valence-corrected chi connectivity index (χ0v) is 15.3. The molecule has 1 aromatic carbocycles. The van der Waals surface area contributed by atoms with E-state index in [1.165, 1.54) is 0 Å². The summed E-state index contributed by atoms with van der Waals surface area (Å²) in [6, 6.07) is 7.74. The summed E-state index contributed by atoms with van der Waals surface area (Å²) in [6.45, 7) is 1.84. The Kier molecular flexibility index (Phi) is 8.51. The number of hydrogen-bond acceptors (Lipinski definition) is 3. The SMILES string of the molecule is CN(C)CCCNC(=S)NNC(=S)Nc1cccc(Br)c1. The van der Waals surface area contributed by atoms with Gasteiger partial charge in [-0.1, -0.05) is 22.0 Å². The third-order valence-electron chi connectivity index (χ3n) is 2.44. The van der Waals surface area contributed by atoms with Crippen LogP contribution in [0.15, 0.2) is 28.7 Å². The number of nitrogens with one attached hydrogen (secondary N) is 4. The van der Waals surface area contributed by atoms with E-state index in [9.17, 15) is 0 Å². The number of hydrazine groups is 1. The predicted molar refractivity (Wildman–Crippen MR) is 100 cm³/mol. The Morgan fingerprint density at radius 1 is 1.19 bits per heavy atom. The third-order valence-corrected chi connectivity index (χ3v) is 3.38. The van der Waals surface area contributed by atoms with Crippen molar-refractivity contribution < 1.29 is 0 Å². The zero-order valence-electron chi connectivity index (χ0n) is 12.1. The van der Waals surface area contributed by atoms with Gasteiger partial charge in [0, 0.05) is 16.7 Å². The fraction of sp³-hybridized carbons (Fsp3) is 0.385. The van der Waals surface area contributed by atoms with Gasteiger partial charge in [-0.2, -0.15) is 0 Å². The van der Waals surface area contributed by atoms with Crippen molar-refractivity contribution >= 4 is 56.3 Å². The van der Waals surface area contributed by atoms with E-state index in [0.29, 0.717) is 10.2 Å². The van der Waals surface area contributed by atoms with Crippen LogP contribution >= 0.6 is 40.4 Å². The molecule has 116 valence electrons. The van der Waals surface area contributed by atoms with Crippen molar-refractivity contribution in [1.29, 1.82) is 0 Å². The Morgan fingerprint density at radius 2 is 1.90 bits per heavy atom. The van der Waals surface area contributed by atoms with Crippen LogP contribution in [0.1, 0.15) is 6.42 Å². The molecule has 0 fully saturated rings. The van der Waals surface area contributed by atoms with Gasteiger partial charge < -0.3 is 15.5 Å². The molecule has 0 unspecified atom stereocenters. The third kappa shape index (κ3) is 8.82. The number of nitrogens with zero attached hydrogens (tertiary/aromatic N) is 1. The van der Waals surface area contributed by atoms with E-state index in [1.807, 2.05) is 38.4 Å². The molecule has 0 aliphatic heterocycles. The van der Waals surface area contributed by atoms with Crippen molar-refractivity contribution in [3.8, 4) is 0 Å². The Bertz CT molecular complexity index is 481. The van der Waals surface area contributed by atoms with Crippen molar-refractivity contribution in [2.75, 3.05) is 32.5 Å². The molecular formula is C13H20BrN5S2. The monoisotopic (exact) mass is 389 g/mol. The van der Waals surface area contributed by atoms with Gasteiger partial charge in [-0.05, 0) is 69.7 Å². The van der Waals surface area contributed by atoms with E-state index < -0.39 is 0 Å². The largest absolute Gasteiger partial charge is 0.361 e. The summed E-state index contributed by atoms with van der Waals surface area (Å²) < 4.78 is 0.987. The summed E-state index contributed by atoms with van der Waals surface area (Å²) in [6.07, 6.45) is 1.02. The minimum Gasteiger partial charge on any atom is -0.361 e. The van der Waals surface area contributed by atoms with E-state index in [-0.39, 0.29) is 0 Å². The summed E-state index contributed by atoms with van der Waals surface area (Å²) >= 11 is 13.7. The number of benzene rings is 1. The highest BCUT2D eigenvalue weighted by Crippen LogP contribution is 2.15. The van der Waals surface area contributed by atoms with Gasteiger partial charge in [0.05, 0.1) is 0 Å². The normalized spacial score (nSPS) is 10.1. The van der Waals surface area contributed by atoms with Gasteiger partial charge in [0.2, 0.25) is 0 Å². The maximum Gasteiger partial charge on any atom is 0.189 e. The standard InChI is InChI=1S/C13H20BrN5S2/c1-19(2)8-4-7-15-12(20)17-18-13(21)16-11-6-3-5-10(14)9-11/h3,5-6,9H,4,7-8H2,1-2H3,(H2,15,17,20)(H2,16,18,21). The molecule has 0 aromatic heterocycles. The molecule has 0 heterocycles. The van der Waals surface area contributed by atoms with Gasteiger partial charge in [0.15, 0.2) is 10.2 Å². The Labute approximate surface area is 145 Å². The van der Waals surface area contributed by atoms with Crippen LogP contribution in [-0.2, 0) is 0 Å². The van der Waals surface area contributed by atoms with E-state index in [4.69, 9.17) is 24.4 Å². The number of thiocarbonyl (C=S) groups is 2. The summed E-state index contributed by atoms with van der Waals surface area (Å²) in [4.78, 5) is 2.13. The molecule has 0 saturated heterocycles. The van der Waals surface area contributed by atoms with Gasteiger partial charge in [-0.15, -0.1) is 0 Å². The summed E-state index contributed by atoms with van der Waals surface area (Å²) in [5.41, 5.74) is 6.58. The zero-order chi connectivity index (χ0) is 15.7. The molecule has 1 aromatic rings. The van der Waals surface area contributed by atoms with Crippen LogP contribution in [-0.4, -0.2) is 42.3 Å². The van der Waals surface area contributed by atoms with Crippen molar-refractivity contribution in [1.82, 2.24) is 21.1 Å². The Hall–Kier alpha value is -0.960. The van der Waals surface area contributed by atoms with Gasteiger partial charge in [0.1, 0.15) is 0 Å². The van der Waals surface area contributed by atoms with E-state index in [0.717, 1.165) is 29.7 Å². The molecule has 0 atom stereocenters. The van der Waals surface area contributed by atoms with Crippen molar-refractivity contribution in [3.63, 3.8) is 0 Å². The van der Waals surface area contributed by atoms with Crippen LogP contribution in [0.5, 0.6) is 0 Å². The fourth-order valence-electron chi connectivity index (χ4n) is 1.48. The first-order valence-corrected chi connectivity index (χ1v) is 8.09. The van der Waals surface area contributed by atoms with Gasteiger partial charge >= 0.3 is 0 Å². The van der Waals surface area contributed by atoms with Crippen LogP contribution in [0.25, 0.3) is 0 Å². The maximum atomic E-state index is 5.17. The topological polar surface area (TPSA) is 51.4 Å². The molecular weight excluding hydrogens is 370 g/mol. The first-order chi connectivity index (χ1) is 9.97. The van der Waals surface area contributed by atoms with Crippen molar-refractivity contribution in [2.24, 2.45) is 0 Å². The molecule has 0 amide bonds. The predicted octanol–water partition coefficient (Wildman–Crippen LogP) is 2.07. The molecule has 4 N–H and O–H groups in total. The molecule has 0 spiro atoms. The maximum absolute atomic E-state index is 5.17. The van der Waals surface area contributed by atoms with Gasteiger partial charge in [-0.3, -0.25) is 10.9 Å². The van der Waals surface area contributed by atoms with E-state index in [1.54, 1.807) is 0 Å². The lowest BCUT2D eigenvalue weighted by Gasteiger charge is -2.15. The van der Waals surface area contributed by atoms with Gasteiger partial charge in [-0.25, -0.2) is 0 Å². The second-order valence-corrected chi connectivity index (χ2v) is 6.36. The highest BCUT2D eigenvalue weighted by Gasteiger charge is 1.99. The number of rotatable bonds is 5. The van der Waals surface area contributed by atoms with Crippen molar-refractivity contribution in [2.45, 2.75) is 6.42 Å². The molecule has 1 rings (SSSR count). The first-order valence-electron chi connectivity index (χ1n) is 6.48. The fourth-order valence-corrected chi connectivity index (χ4v) is 2.20. The smallest absolute Gasteiger partial charge is 0.189 e. The highest BCUT2D eigenvalue weighted by atomic mass is 79.9. The average molecular weight is 390 g/mol. The molecule has 0 aliphatic rings. The van der Waals surface area contributed by atoms with E-state index >= 15 is 0 Å². The second kappa shape index (κ2) is 9.88. The molecule has 0 saturated carbocycles. The molecule has 5 nitrogen and oxygen atoms in total. The van der Waals surface area contributed by atoms with Crippen molar-refractivity contribution in [3.05, 3.63) is 28.7 Å². The quantitative estimate of drug-likeness (QED) is 0.349. The lowest BCUT2D eigenvalue weighted by atomic mass is 10.3. The summed E-state index contributed by atoms with van der Waals surface area (Å²) in [5.74, 6) is 0. The first kappa shape index (κ1) is 18.1. The molecule has 0 radical (unpaired) electrons. The van der Waals surface area contributed by atoms with Crippen LogP contribution in [0.3, 0.4) is 0 Å². The number of halogens is 1. The van der Waals surface area contributed by atoms with Crippen LogP contribution in [0.2, 0.25) is 0 Å². The van der Waals surface area contributed by atoms with Crippen LogP contribution < -0.4 is 21.5 Å².